The molecule has 138 valence electrons. The Labute approximate surface area is 154 Å². The number of esters is 1. The standard InChI is InChI=1S/C22H28N2O2/c1-3-6-15-11-14-12-22(21(25)26-2)19-17(9-10-24(13-14)20(15)22)16-7-4-5-8-18(16)23-19/h4-5,7-8,14-15,20,23H,3,6,9-13H2,1-2H3/t14?,15-,20?,22+/m0/s1. The monoisotopic (exact) mass is 352 g/mol. The van der Waals surface area contributed by atoms with Crippen molar-refractivity contribution >= 4 is 16.9 Å². The van der Waals surface area contributed by atoms with Crippen LogP contribution in [0.2, 0.25) is 0 Å². The van der Waals surface area contributed by atoms with Crippen LogP contribution in [0.3, 0.4) is 0 Å². The van der Waals surface area contributed by atoms with Crippen molar-refractivity contribution in [1.29, 1.82) is 0 Å². The number of methoxy groups -OCH3 is 1. The Morgan fingerprint density at radius 3 is 3.04 bits per heavy atom. The van der Waals surface area contributed by atoms with Gasteiger partial charge in [-0.15, -0.1) is 0 Å². The number of rotatable bonds is 3. The summed E-state index contributed by atoms with van der Waals surface area (Å²) in [5.74, 6) is 1.14. The van der Waals surface area contributed by atoms with E-state index in [1.165, 1.54) is 30.2 Å². The molecule has 1 saturated carbocycles. The molecule has 1 aromatic carbocycles. The third-order valence-electron chi connectivity index (χ3n) is 7.20. The SMILES string of the molecule is CCC[C@H]1CC2CN3CCc4c([nH]c5ccccc45)[C@](C(=O)OC)(C2)C13. The number of benzene rings is 1. The Morgan fingerprint density at radius 1 is 1.38 bits per heavy atom. The Bertz CT molecular complexity index is 857. The van der Waals surface area contributed by atoms with E-state index in [4.69, 9.17) is 4.74 Å². The summed E-state index contributed by atoms with van der Waals surface area (Å²) in [6, 6.07) is 8.78. The van der Waals surface area contributed by atoms with Crippen LogP contribution in [0.15, 0.2) is 24.3 Å². The molecular formula is C22H28N2O2. The van der Waals surface area contributed by atoms with Gasteiger partial charge in [0, 0.05) is 35.7 Å². The maximum absolute atomic E-state index is 13.4. The molecule has 2 saturated heterocycles. The van der Waals surface area contributed by atoms with Crippen molar-refractivity contribution < 1.29 is 9.53 Å². The molecule has 26 heavy (non-hydrogen) atoms. The number of carbonyl (C=O) groups excluding carboxylic acids is 1. The molecule has 4 heterocycles. The number of para-hydroxylation sites is 1. The minimum atomic E-state index is -0.527. The molecule has 3 fully saturated rings. The number of aromatic amines is 1. The molecular weight excluding hydrogens is 324 g/mol. The first-order valence-corrected chi connectivity index (χ1v) is 10.1. The average Bonchev–Trinajstić information content (AvgIpc) is 3.00. The molecule has 4 bridgehead atoms. The lowest BCUT2D eigenvalue weighted by atomic mass is 9.56. The van der Waals surface area contributed by atoms with Gasteiger partial charge in [0.05, 0.1) is 7.11 Å². The number of fused-ring (bicyclic) bond motifs is 4. The zero-order valence-corrected chi connectivity index (χ0v) is 15.8. The largest absolute Gasteiger partial charge is 0.468 e. The van der Waals surface area contributed by atoms with Crippen LogP contribution in [0.25, 0.3) is 10.9 Å². The number of piperidine rings is 2. The second-order valence-electron chi connectivity index (χ2n) is 8.53. The number of aromatic nitrogens is 1. The molecule has 2 aromatic rings. The number of nitrogens with one attached hydrogen (secondary N) is 1. The third-order valence-corrected chi connectivity index (χ3v) is 7.20. The zero-order chi connectivity index (χ0) is 17.9. The fourth-order valence-electron chi connectivity index (χ4n) is 6.52. The molecule has 0 radical (unpaired) electrons. The van der Waals surface area contributed by atoms with Gasteiger partial charge in [-0.25, -0.2) is 0 Å². The van der Waals surface area contributed by atoms with Crippen LogP contribution in [0.5, 0.6) is 0 Å². The van der Waals surface area contributed by atoms with Gasteiger partial charge in [-0.1, -0.05) is 31.5 Å². The molecule has 1 aromatic heterocycles. The van der Waals surface area contributed by atoms with Gasteiger partial charge >= 0.3 is 5.97 Å². The van der Waals surface area contributed by atoms with E-state index in [0.717, 1.165) is 37.1 Å². The maximum atomic E-state index is 13.4. The summed E-state index contributed by atoms with van der Waals surface area (Å²) < 4.78 is 5.47. The summed E-state index contributed by atoms with van der Waals surface area (Å²) in [5.41, 5.74) is 3.13. The van der Waals surface area contributed by atoms with Gasteiger partial charge in [-0.05, 0) is 49.1 Å². The number of hydrogen-bond acceptors (Lipinski definition) is 3. The molecule has 0 spiro atoms. The number of nitrogens with zero attached hydrogens (tertiary/aromatic N) is 1. The van der Waals surface area contributed by atoms with Crippen LogP contribution in [-0.2, 0) is 21.4 Å². The van der Waals surface area contributed by atoms with Crippen LogP contribution in [0.1, 0.15) is 43.9 Å². The molecule has 1 N–H and O–H groups in total. The quantitative estimate of drug-likeness (QED) is 0.858. The second kappa shape index (κ2) is 5.85. The van der Waals surface area contributed by atoms with E-state index in [9.17, 15) is 4.79 Å². The van der Waals surface area contributed by atoms with Crippen molar-refractivity contribution in [2.75, 3.05) is 20.2 Å². The molecule has 4 aliphatic rings. The van der Waals surface area contributed by atoms with Crippen molar-refractivity contribution in [3.05, 3.63) is 35.5 Å². The van der Waals surface area contributed by atoms with Crippen molar-refractivity contribution in [2.24, 2.45) is 11.8 Å². The predicted molar refractivity (Wildman–Crippen MR) is 102 cm³/mol. The van der Waals surface area contributed by atoms with E-state index in [-0.39, 0.29) is 12.0 Å². The van der Waals surface area contributed by atoms with E-state index in [2.05, 4.69) is 41.1 Å². The van der Waals surface area contributed by atoms with Crippen molar-refractivity contribution in [3.8, 4) is 0 Å². The van der Waals surface area contributed by atoms with Crippen molar-refractivity contribution in [1.82, 2.24) is 9.88 Å². The maximum Gasteiger partial charge on any atom is 0.319 e. The lowest BCUT2D eigenvalue weighted by Crippen LogP contribution is -2.67. The highest BCUT2D eigenvalue weighted by Gasteiger charge is 2.62. The summed E-state index contributed by atoms with van der Waals surface area (Å²) in [7, 11) is 1.56. The van der Waals surface area contributed by atoms with Crippen LogP contribution in [0, 0.1) is 11.8 Å². The minimum absolute atomic E-state index is 0.0345. The van der Waals surface area contributed by atoms with Gasteiger partial charge in [-0.2, -0.15) is 0 Å². The van der Waals surface area contributed by atoms with Gasteiger partial charge in [0.25, 0.3) is 0 Å². The number of hydrogen-bond donors (Lipinski definition) is 1. The molecule has 1 aliphatic carbocycles. The third kappa shape index (κ3) is 2.02. The molecule has 6 rings (SSSR count). The summed E-state index contributed by atoms with van der Waals surface area (Å²) in [4.78, 5) is 19.7. The van der Waals surface area contributed by atoms with Gasteiger partial charge in [0.1, 0.15) is 5.41 Å². The molecule has 4 heteroatoms. The zero-order valence-electron chi connectivity index (χ0n) is 15.8. The fraction of sp³-hybridized carbons (Fsp3) is 0.591. The Morgan fingerprint density at radius 2 is 2.23 bits per heavy atom. The van der Waals surface area contributed by atoms with Gasteiger partial charge in [-0.3, -0.25) is 9.69 Å². The van der Waals surface area contributed by atoms with Crippen LogP contribution < -0.4 is 0 Å². The molecule has 3 unspecified atom stereocenters. The summed E-state index contributed by atoms with van der Waals surface area (Å²) in [6.07, 6.45) is 5.59. The minimum Gasteiger partial charge on any atom is -0.468 e. The van der Waals surface area contributed by atoms with Crippen molar-refractivity contribution in [2.45, 2.75) is 50.5 Å². The highest BCUT2D eigenvalue weighted by Crippen LogP contribution is 2.55. The van der Waals surface area contributed by atoms with Crippen LogP contribution >= 0.6 is 0 Å². The normalized spacial score (nSPS) is 35.2. The highest BCUT2D eigenvalue weighted by atomic mass is 16.5. The smallest absolute Gasteiger partial charge is 0.319 e. The summed E-state index contributed by atoms with van der Waals surface area (Å²) in [5, 5.41) is 1.28. The van der Waals surface area contributed by atoms with E-state index in [0.29, 0.717) is 11.8 Å². The van der Waals surface area contributed by atoms with Gasteiger partial charge in [0.2, 0.25) is 0 Å². The topological polar surface area (TPSA) is 45.3 Å². The van der Waals surface area contributed by atoms with E-state index in [1.807, 2.05) is 0 Å². The Kier molecular flexibility index (Phi) is 3.68. The summed E-state index contributed by atoms with van der Waals surface area (Å²) in [6.45, 7) is 4.46. The number of ether oxygens (including phenoxy) is 1. The lowest BCUT2D eigenvalue weighted by molar-refractivity contribution is -0.162. The first kappa shape index (κ1) is 16.4. The highest BCUT2D eigenvalue weighted by molar-refractivity contribution is 5.91. The molecule has 0 amide bonds. The summed E-state index contributed by atoms with van der Waals surface area (Å²) >= 11 is 0. The van der Waals surface area contributed by atoms with Crippen LogP contribution in [0.4, 0.5) is 0 Å². The Balaban J connectivity index is 1.77. The lowest BCUT2D eigenvalue weighted by Gasteiger charge is -2.58. The predicted octanol–water partition coefficient (Wildman–Crippen LogP) is 3.65. The Hall–Kier alpha value is -1.81. The van der Waals surface area contributed by atoms with Crippen LogP contribution in [-0.4, -0.2) is 42.1 Å². The van der Waals surface area contributed by atoms with Gasteiger partial charge < -0.3 is 9.72 Å². The molecule has 3 aliphatic heterocycles. The van der Waals surface area contributed by atoms with Gasteiger partial charge in [0.15, 0.2) is 0 Å². The molecule has 5 atom stereocenters. The average molecular weight is 352 g/mol. The fourth-order valence-corrected chi connectivity index (χ4v) is 6.52. The van der Waals surface area contributed by atoms with E-state index >= 15 is 0 Å². The second-order valence-corrected chi connectivity index (χ2v) is 8.53. The first-order chi connectivity index (χ1) is 12.7. The molecule has 4 nitrogen and oxygen atoms in total. The number of H-pyrrole nitrogens is 1. The van der Waals surface area contributed by atoms with E-state index < -0.39 is 5.41 Å². The van der Waals surface area contributed by atoms with E-state index in [1.54, 1.807) is 7.11 Å². The number of carbonyl (C=O) groups is 1. The first-order valence-electron chi connectivity index (χ1n) is 10.1. The van der Waals surface area contributed by atoms with Crippen molar-refractivity contribution in [3.63, 3.8) is 0 Å².